The number of nitrogens with zero attached hydrogens (tertiary/aromatic N) is 1. The largest absolute Gasteiger partial charge is 0.493 e. The average molecular weight is 414 g/mol. The summed E-state index contributed by atoms with van der Waals surface area (Å²) in [6.07, 6.45) is 2.26. The first-order valence-electron chi connectivity index (χ1n) is 9.28. The Balaban J connectivity index is 0.00000280. The molecule has 1 aromatic rings. The van der Waals surface area contributed by atoms with Crippen molar-refractivity contribution in [1.82, 2.24) is 10.2 Å². The molecule has 28 heavy (non-hydrogen) atoms. The highest BCUT2D eigenvalue weighted by Crippen LogP contribution is 2.34. The molecule has 0 aromatic heterocycles. The Kier molecular flexibility index (Phi) is 8.35. The van der Waals surface area contributed by atoms with E-state index in [9.17, 15) is 9.59 Å². The summed E-state index contributed by atoms with van der Waals surface area (Å²) in [4.78, 5) is 27.3. The van der Waals surface area contributed by atoms with Crippen molar-refractivity contribution < 1.29 is 23.8 Å². The van der Waals surface area contributed by atoms with E-state index in [-0.39, 0.29) is 36.7 Å². The molecule has 0 aliphatic carbocycles. The second-order valence-electron chi connectivity index (χ2n) is 6.73. The molecule has 156 valence electrons. The lowest BCUT2D eigenvalue weighted by atomic mass is 10.1. The molecular weight excluding hydrogens is 386 g/mol. The number of halogens is 1. The number of nitrogens with one attached hydrogen (secondary N) is 2. The number of anilines is 1. The van der Waals surface area contributed by atoms with Crippen LogP contribution in [0.1, 0.15) is 29.6 Å². The third-order valence-corrected chi connectivity index (χ3v) is 4.85. The van der Waals surface area contributed by atoms with Crippen LogP contribution in [0.4, 0.5) is 5.69 Å². The number of amides is 2. The molecular formula is C19H28ClN3O5. The molecule has 3 rings (SSSR count). The summed E-state index contributed by atoms with van der Waals surface area (Å²) in [6, 6.07) is 3.25. The Morgan fingerprint density at radius 1 is 1.21 bits per heavy atom. The molecule has 2 heterocycles. The van der Waals surface area contributed by atoms with Gasteiger partial charge in [0, 0.05) is 38.2 Å². The minimum absolute atomic E-state index is 0. The van der Waals surface area contributed by atoms with E-state index in [1.165, 1.54) is 14.2 Å². The van der Waals surface area contributed by atoms with E-state index in [1.54, 1.807) is 17.0 Å². The Morgan fingerprint density at radius 2 is 1.89 bits per heavy atom. The number of benzene rings is 1. The van der Waals surface area contributed by atoms with E-state index in [2.05, 4.69) is 10.6 Å². The Bertz CT molecular complexity index is 688. The minimum atomic E-state index is -0.180. The molecule has 0 spiro atoms. The maximum Gasteiger partial charge on any atom is 0.256 e. The molecule has 1 unspecified atom stereocenters. The van der Waals surface area contributed by atoms with Crippen molar-refractivity contribution in [2.75, 3.05) is 52.4 Å². The fourth-order valence-electron chi connectivity index (χ4n) is 3.43. The van der Waals surface area contributed by atoms with Gasteiger partial charge in [-0.15, -0.1) is 12.4 Å². The van der Waals surface area contributed by atoms with Crippen LogP contribution in [0.5, 0.6) is 11.5 Å². The number of hydrogen-bond acceptors (Lipinski definition) is 6. The lowest BCUT2D eigenvalue weighted by molar-refractivity contribution is -0.117. The van der Waals surface area contributed by atoms with Crippen LogP contribution in [-0.2, 0) is 9.53 Å². The summed E-state index contributed by atoms with van der Waals surface area (Å²) in [7, 11) is 3.05. The van der Waals surface area contributed by atoms with Crippen LogP contribution in [0.3, 0.4) is 0 Å². The summed E-state index contributed by atoms with van der Waals surface area (Å²) in [5.41, 5.74) is 0.849. The van der Waals surface area contributed by atoms with Gasteiger partial charge in [0.15, 0.2) is 11.5 Å². The molecule has 8 nitrogen and oxygen atoms in total. The van der Waals surface area contributed by atoms with Crippen LogP contribution in [0.15, 0.2) is 12.1 Å². The van der Waals surface area contributed by atoms with E-state index in [0.29, 0.717) is 36.0 Å². The van der Waals surface area contributed by atoms with Crippen LogP contribution in [0, 0.1) is 0 Å². The summed E-state index contributed by atoms with van der Waals surface area (Å²) >= 11 is 0. The van der Waals surface area contributed by atoms with E-state index in [4.69, 9.17) is 14.2 Å². The average Bonchev–Trinajstić information content (AvgIpc) is 3.22. The molecule has 1 aromatic carbocycles. The van der Waals surface area contributed by atoms with Crippen molar-refractivity contribution in [3.05, 3.63) is 17.7 Å². The molecule has 0 bridgehead atoms. The lowest BCUT2D eigenvalue weighted by Crippen LogP contribution is -2.43. The van der Waals surface area contributed by atoms with Gasteiger partial charge in [-0.3, -0.25) is 9.59 Å². The highest BCUT2D eigenvalue weighted by atomic mass is 35.5. The van der Waals surface area contributed by atoms with Gasteiger partial charge in [-0.1, -0.05) is 0 Å². The number of rotatable bonds is 6. The first-order valence-corrected chi connectivity index (χ1v) is 9.28. The topological polar surface area (TPSA) is 89.1 Å². The second-order valence-corrected chi connectivity index (χ2v) is 6.73. The Hall–Kier alpha value is -2.03. The fourth-order valence-corrected chi connectivity index (χ4v) is 3.43. The van der Waals surface area contributed by atoms with Gasteiger partial charge in [0.25, 0.3) is 5.91 Å². The van der Waals surface area contributed by atoms with E-state index in [0.717, 1.165) is 32.5 Å². The van der Waals surface area contributed by atoms with Crippen LogP contribution < -0.4 is 20.1 Å². The zero-order valence-corrected chi connectivity index (χ0v) is 17.1. The Morgan fingerprint density at radius 3 is 2.50 bits per heavy atom. The van der Waals surface area contributed by atoms with Gasteiger partial charge in [0.05, 0.1) is 38.7 Å². The van der Waals surface area contributed by atoms with Crippen molar-refractivity contribution in [2.24, 2.45) is 0 Å². The maximum atomic E-state index is 13.0. The molecule has 2 fully saturated rings. The van der Waals surface area contributed by atoms with Gasteiger partial charge in [-0.2, -0.15) is 0 Å². The zero-order valence-electron chi connectivity index (χ0n) is 16.3. The maximum absolute atomic E-state index is 13.0. The molecule has 0 saturated carbocycles. The predicted molar refractivity (Wildman–Crippen MR) is 108 cm³/mol. The highest BCUT2D eigenvalue weighted by Gasteiger charge is 2.25. The van der Waals surface area contributed by atoms with Crippen molar-refractivity contribution in [1.29, 1.82) is 0 Å². The first-order chi connectivity index (χ1) is 13.1. The summed E-state index contributed by atoms with van der Waals surface area (Å²) < 4.78 is 16.1. The van der Waals surface area contributed by atoms with Crippen LogP contribution in [0.2, 0.25) is 0 Å². The SMILES string of the molecule is COc1cc(NC(=O)CC2COCCN2)c(C(=O)N2CCCC2)cc1OC.Cl. The number of morpholine rings is 1. The van der Waals surface area contributed by atoms with E-state index in [1.807, 2.05) is 0 Å². The number of hydrogen-bond donors (Lipinski definition) is 2. The van der Waals surface area contributed by atoms with Gasteiger partial charge < -0.3 is 29.7 Å². The van der Waals surface area contributed by atoms with Crippen molar-refractivity contribution in [3.8, 4) is 11.5 Å². The van der Waals surface area contributed by atoms with Crippen LogP contribution in [0.25, 0.3) is 0 Å². The van der Waals surface area contributed by atoms with Gasteiger partial charge in [0.2, 0.25) is 5.91 Å². The molecule has 2 aliphatic rings. The monoisotopic (exact) mass is 413 g/mol. The van der Waals surface area contributed by atoms with Crippen LogP contribution in [-0.4, -0.2) is 69.8 Å². The van der Waals surface area contributed by atoms with Gasteiger partial charge in [0.1, 0.15) is 0 Å². The smallest absolute Gasteiger partial charge is 0.256 e. The van der Waals surface area contributed by atoms with Crippen molar-refractivity contribution >= 4 is 29.9 Å². The van der Waals surface area contributed by atoms with Crippen LogP contribution >= 0.6 is 12.4 Å². The number of methoxy groups -OCH3 is 2. The van der Waals surface area contributed by atoms with E-state index >= 15 is 0 Å². The summed E-state index contributed by atoms with van der Waals surface area (Å²) in [5.74, 6) is 0.633. The quantitative estimate of drug-likeness (QED) is 0.737. The number of ether oxygens (including phenoxy) is 3. The summed E-state index contributed by atoms with van der Waals surface area (Å²) in [6.45, 7) is 3.34. The molecule has 2 aliphatic heterocycles. The number of carbonyl (C=O) groups is 2. The Labute approximate surface area is 171 Å². The normalized spacial score (nSPS) is 18.9. The standard InChI is InChI=1S/C19H27N3O5.ClH/c1-25-16-10-14(19(24)22-6-3-4-7-22)15(11-17(16)26-2)21-18(23)9-13-12-27-8-5-20-13;/h10-11,13,20H,3-9,12H2,1-2H3,(H,21,23);1H. The molecule has 9 heteroatoms. The molecule has 0 radical (unpaired) electrons. The number of likely N-dealkylation sites (tertiary alicyclic amines) is 1. The van der Waals surface area contributed by atoms with Gasteiger partial charge in [-0.05, 0) is 18.9 Å². The molecule has 2 N–H and O–H groups in total. The third-order valence-electron chi connectivity index (χ3n) is 4.85. The summed E-state index contributed by atoms with van der Waals surface area (Å²) in [5, 5.41) is 6.12. The highest BCUT2D eigenvalue weighted by molar-refractivity contribution is 6.04. The fraction of sp³-hybridized carbons (Fsp3) is 0.579. The second kappa shape index (κ2) is 10.5. The molecule has 1 atom stereocenters. The zero-order chi connectivity index (χ0) is 19.2. The third kappa shape index (κ3) is 5.27. The van der Waals surface area contributed by atoms with Crippen molar-refractivity contribution in [3.63, 3.8) is 0 Å². The molecule has 2 amide bonds. The number of carbonyl (C=O) groups excluding carboxylic acids is 2. The van der Waals surface area contributed by atoms with Gasteiger partial charge >= 0.3 is 0 Å². The minimum Gasteiger partial charge on any atom is -0.493 e. The van der Waals surface area contributed by atoms with E-state index < -0.39 is 0 Å². The first kappa shape index (κ1) is 22.3. The molecule has 2 saturated heterocycles. The van der Waals surface area contributed by atoms with Gasteiger partial charge in [-0.25, -0.2) is 0 Å². The van der Waals surface area contributed by atoms with Crippen molar-refractivity contribution in [2.45, 2.75) is 25.3 Å². The predicted octanol–water partition coefficient (Wildman–Crippen LogP) is 1.68. The lowest BCUT2D eigenvalue weighted by Gasteiger charge is -2.24.